The first-order chi connectivity index (χ1) is 9.45. The smallest absolute Gasteiger partial charge is 0.244 e. The average molecular weight is 339 g/mol. The molecule has 0 atom stereocenters. The summed E-state index contributed by atoms with van der Waals surface area (Å²) in [6.45, 7) is 1.63. The number of ether oxygens (including phenoxy) is 1. The Balaban J connectivity index is 2.13. The molecular formula is C12H16Cl2N2O3S. The number of piperidine rings is 1. The Hall–Kier alpha value is -0.400. The van der Waals surface area contributed by atoms with Gasteiger partial charge in [-0.15, -0.1) is 0 Å². The highest BCUT2D eigenvalue weighted by molar-refractivity contribution is 7.89. The van der Waals surface area contributed by atoms with Crippen LogP contribution in [0.5, 0.6) is 0 Å². The van der Waals surface area contributed by atoms with Gasteiger partial charge in [0.05, 0.1) is 5.02 Å². The van der Waals surface area contributed by atoms with Crippen molar-refractivity contribution in [1.29, 1.82) is 0 Å². The summed E-state index contributed by atoms with van der Waals surface area (Å²) in [5.41, 5.74) is 0. The zero-order valence-corrected chi connectivity index (χ0v) is 13.4. The first-order valence-electron chi connectivity index (χ1n) is 6.25. The van der Waals surface area contributed by atoms with Crippen LogP contribution in [0.15, 0.2) is 17.2 Å². The van der Waals surface area contributed by atoms with Crippen molar-refractivity contribution < 1.29 is 13.2 Å². The van der Waals surface area contributed by atoms with Crippen LogP contribution in [0.3, 0.4) is 0 Å². The number of methoxy groups -OCH3 is 1. The molecule has 0 spiro atoms. The number of nitrogens with zero attached hydrogens (tertiary/aromatic N) is 2. The van der Waals surface area contributed by atoms with E-state index >= 15 is 0 Å². The van der Waals surface area contributed by atoms with Crippen molar-refractivity contribution in [2.24, 2.45) is 5.92 Å². The van der Waals surface area contributed by atoms with E-state index in [1.807, 2.05) is 0 Å². The van der Waals surface area contributed by atoms with Crippen molar-refractivity contribution in [2.75, 3.05) is 26.8 Å². The summed E-state index contributed by atoms with van der Waals surface area (Å²) >= 11 is 11.5. The molecule has 0 bridgehead atoms. The van der Waals surface area contributed by atoms with Gasteiger partial charge in [0.2, 0.25) is 10.0 Å². The average Bonchev–Trinajstić information content (AvgIpc) is 2.43. The topological polar surface area (TPSA) is 59.5 Å². The highest BCUT2D eigenvalue weighted by atomic mass is 35.5. The van der Waals surface area contributed by atoms with E-state index in [9.17, 15) is 8.42 Å². The summed E-state index contributed by atoms with van der Waals surface area (Å²) in [5.74, 6) is 0.415. The molecule has 5 nitrogen and oxygen atoms in total. The standard InChI is InChI=1S/C12H16Cl2N2O3S/c1-19-8-9-2-4-16(5-3-9)20(17,18)10-6-11(13)12(14)15-7-10/h6-7,9H,2-5,8H2,1H3. The normalized spacial score (nSPS) is 18.4. The van der Waals surface area contributed by atoms with E-state index < -0.39 is 10.0 Å². The largest absolute Gasteiger partial charge is 0.384 e. The summed E-state index contributed by atoms with van der Waals surface area (Å²) in [6, 6.07) is 1.34. The van der Waals surface area contributed by atoms with Crippen LogP contribution >= 0.6 is 23.2 Å². The maximum atomic E-state index is 12.5. The SMILES string of the molecule is COCC1CCN(S(=O)(=O)c2cnc(Cl)c(Cl)c2)CC1. The molecule has 2 rings (SSSR count). The Morgan fingerprint density at radius 1 is 1.40 bits per heavy atom. The molecule has 0 aliphatic carbocycles. The molecule has 1 saturated heterocycles. The van der Waals surface area contributed by atoms with E-state index in [1.54, 1.807) is 7.11 Å². The van der Waals surface area contributed by atoms with Crippen LogP contribution in [0.1, 0.15) is 12.8 Å². The highest BCUT2D eigenvalue weighted by Gasteiger charge is 2.29. The van der Waals surface area contributed by atoms with Crippen molar-refractivity contribution in [3.63, 3.8) is 0 Å². The molecule has 0 unspecified atom stereocenters. The van der Waals surface area contributed by atoms with E-state index in [4.69, 9.17) is 27.9 Å². The Bertz CT molecular complexity index is 572. The Morgan fingerprint density at radius 3 is 2.60 bits per heavy atom. The van der Waals surface area contributed by atoms with Gasteiger partial charge in [0.25, 0.3) is 0 Å². The van der Waals surface area contributed by atoms with Crippen LogP contribution < -0.4 is 0 Å². The maximum Gasteiger partial charge on any atom is 0.244 e. The zero-order chi connectivity index (χ0) is 14.8. The second-order valence-corrected chi connectivity index (χ2v) is 7.45. The minimum Gasteiger partial charge on any atom is -0.384 e. The van der Waals surface area contributed by atoms with Gasteiger partial charge in [-0.2, -0.15) is 4.31 Å². The predicted octanol–water partition coefficient (Wildman–Crippen LogP) is 2.44. The molecule has 1 fully saturated rings. The van der Waals surface area contributed by atoms with Crippen molar-refractivity contribution in [3.8, 4) is 0 Å². The quantitative estimate of drug-likeness (QED) is 0.791. The number of sulfonamides is 1. The van der Waals surface area contributed by atoms with Crippen LogP contribution in [-0.4, -0.2) is 44.5 Å². The van der Waals surface area contributed by atoms with Crippen LogP contribution in [0, 0.1) is 5.92 Å². The summed E-state index contributed by atoms with van der Waals surface area (Å²) in [5, 5.41) is 0.242. The molecule has 0 aromatic carbocycles. The van der Waals surface area contributed by atoms with E-state index in [0.29, 0.717) is 25.6 Å². The van der Waals surface area contributed by atoms with Gasteiger partial charge in [0.1, 0.15) is 10.0 Å². The number of halogens is 2. The molecule has 2 heterocycles. The first-order valence-corrected chi connectivity index (χ1v) is 8.45. The molecular weight excluding hydrogens is 323 g/mol. The van der Waals surface area contributed by atoms with Gasteiger partial charge in [0, 0.05) is 33.0 Å². The second-order valence-electron chi connectivity index (χ2n) is 4.75. The monoisotopic (exact) mass is 338 g/mol. The first kappa shape index (κ1) is 16.0. The Morgan fingerprint density at radius 2 is 2.05 bits per heavy atom. The molecule has 1 aromatic heterocycles. The fourth-order valence-corrected chi connectivity index (χ4v) is 4.02. The molecule has 0 radical (unpaired) electrons. The zero-order valence-electron chi connectivity index (χ0n) is 11.1. The minimum atomic E-state index is -3.55. The van der Waals surface area contributed by atoms with Crippen molar-refractivity contribution >= 4 is 33.2 Å². The predicted molar refractivity (Wildman–Crippen MR) is 77.6 cm³/mol. The molecule has 112 valence electrons. The van der Waals surface area contributed by atoms with Gasteiger partial charge in [0.15, 0.2) is 0 Å². The third-order valence-electron chi connectivity index (χ3n) is 3.38. The number of hydrogen-bond acceptors (Lipinski definition) is 4. The fourth-order valence-electron chi connectivity index (χ4n) is 2.25. The van der Waals surface area contributed by atoms with Crippen molar-refractivity contribution in [3.05, 3.63) is 22.4 Å². The minimum absolute atomic E-state index is 0.0806. The van der Waals surface area contributed by atoms with Gasteiger partial charge in [-0.25, -0.2) is 13.4 Å². The molecule has 0 saturated carbocycles. The maximum absolute atomic E-state index is 12.5. The van der Waals surface area contributed by atoms with Gasteiger partial charge in [-0.1, -0.05) is 23.2 Å². The molecule has 1 aliphatic rings. The number of rotatable bonds is 4. The van der Waals surface area contributed by atoms with Crippen LogP contribution in [0.25, 0.3) is 0 Å². The number of pyridine rings is 1. The van der Waals surface area contributed by atoms with Gasteiger partial charge >= 0.3 is 0 Å². The second kappa shape index (κ2) is 6.58. The van der Waals surface area contributed by atoms with Gasteiger partial charge in [-0.3, -0.25) is 0 Å². The Kier molecular flexibility index (Phi) is 5.25. The van der Waals surface area contributed by atoms with Crippen molar-refractivity contribution in [2.45, 2.75) is 17.7 Å². The van der Waals surface area contributed by atoms with Gasteiger partial charge in [-0.05, 0) is 24.8 Å². The summed E-state index contributed by atoms with van der Waals surface area (Å²) in [4.78, 5) is 3.87. The molecule has 0 amide bonds. The van der Waals surface area contributed by atoms with Crippen LogP contribution in [-0.2, 0) is 14.8 Å². The molecule has 20 heavy (non-hydrogen) atoms. The van der Waals surface area contributed by atoms with E-state index in [0.717, 1.165) is 12.8 Å². The molecule has 8 heteroatoms. The van der Waals surface area contributed by atoms with E-state index in [2.05, 4.69) is 4.98 Å². The third kappa shape index (κ3) is 3.43. The number of hydrogen-bond donors (Lipinski definition) is 0. The number of aromatic nitrogens is 1. The fraction of sp³-hybridized carbons (Fsp3) is 0.583. The lowest BCUT2D eigenvalue weighted by Gasteiger charge is -2.30. The molecule has 1 aromatic rings. The van der Waals surface area contributed by atoms with E-state index in [-0.39, 0.29) is 15.1 Å². The molecule has 0 N–H and O–H groups in total. The van der Waals surface area contributed by atoms with Crippen molar-refractivity contribution in [1.82, 2.24) is 9.29 Å². The lowest BCUT2D eigenvalue weighted by atomic mass is 9.99. The lowest BCUT2D eigenvalue weighted by Crippen LogP contribution is -2.39. The lowest BCUT2D eigenvalue weighted by molar-refractivity contribution is 0.121. The Labute approximate surface area is 128 Å². The molecule has 1 aliphatic heterocycles. The third-order valence-corrected chi connectivity index (χ3v) is 5.93. The van der Waals surface area contributed by atoms with Crippen LogP contribution in [0.4, 0.5) is 0 Å². The highest BCUT2D eigenvalue weighted by Crippen LogP contribution is 2.27. The van der Waals surface area contributed by atoms with E-state index in [1.165, 1.54) is 16.6 Å². The summed E-state index contributed by atoms with van der Waals surface area (Å²) in [7, 11) is -1.90. The van der Waals surface area contributed by atoms with Gasteiger partial charge < -0.3 is 4.74 Å². The summed E-state index contributed by atoms with van der Waals surface area (Å²) < 4.78 is 31.5. The summed E-state index contributed by atoms with van der Waals surface area (Å²) in [6.07, 6.45) is 2.83. The van der Waals surface area contributed by atoms with Crippen LogP contribution in [0.2, 0.25) is 10.2 Å².